The first kappa shape index (κ1) is 23.3. The van der Waals surface area contributed by atoms with Gasteiger partial charge >= 0.3 is 11.9 Å². The van der Waals surface area contributed by atoms with Gasteiger partial charge in [0, 0.05) is 18.9 Å². The monoisotopic (exact) mass is 414 g/mol. The quantitative estimate of drug-likeness (QED) is 0.330. The Morgan fingerprint density at radius 1 is 0.933 bits per heavy atom. The highest BCUT2D eigenvalue weighted by Gasteiger charge is 2.25. The van der Waals surface area contributed by atoms with Crippen LogP contribution in [0.15, 0.2) is 48.5 Å². The van der Waals surface area contributed by atoms with Gasteiger partial charge in [-0.3, -0.25) is 9.59 Å². The predicted octanol–water partition coefficient (Wildman–Crippen LogP) is 5.12. The molecule has 2 rings (SSSR count). The number of carbonyl (C=O) groups excluding carboxylic acids is 2. The topological polar surface area (TPSA) is 82.1 Å². The van der Waals surface area contributed by atoms with Crippen LogP contribution in [0, 0.1) is 0 Å². The first-order valence-corrected chi connectivity index (χ1v) is 10.1. The number of benzene rings is 2. The number of esters is 2. The third-order valence-electron chi connectivity index (χ3n) is 4.33. The van der Waals surface area contributed by atoms with Crippen molar-refractivity contribution in [3.63, 3.8) is 0 Å². The molecule has 0 saturated carbocycles. The van der Waals surface area contributed by atoms with Gasteiger partial charge in [-0.2, -0.15) is 0 Å². The summed E-state index contributed by atoms with van der Waals surface area (Å²) in [5.74, 6) is 0.495. The molecule has 162 valence electrons. The SMILES string of the molecule is CC(C)Oc1cccc(OC(=O)CCCCC(=O)OC(C)(C)c2cccc(O)c2)c1. The van der Waals surface area contributed by atoms with Crippen LogP contribution >= 0.6 is 0 Å². The Morgan fingerprint density at radius 2 is 1.57 bits per heavy atom. The van der Waals surface area contributed by atoms with Crippen molar-refractivity contribution in [3.05, 3.63) is 54.1 Å². The van der Waals surface area contributed by atoms with Gasteiger partial charge in [-0.05, 0) is 70.4 Å². The van der Waals surface area contributed by atoms with Crippen molar-refractivity contribution < 1.29 is 28.9 Å². The van der Waals surface area contributed by atoms with Crippen molar-refractivity contribution in [2.75, 3.05) is 0 Å². The van der Waals surface area contributed by atoms with Crippen LogP contribution in [0.25, 0.3) is 0 Å². The molecule has 0 aliphatic heterocycles. The van der Waals surface area contributed by atoms with E-state index in [1.165, 1.54) is 0 Å². The van der Waals surface area contributed by atoms with E-state index < -0.39 is 5.60 Å². The van der Waals surface area contributed by atoms with Crippen LogP contribution in [-0.2, 0) is 19.9 Å². The van der Waals surface area contributed by atoms with Crippen molar-refractivity contribution in [3.8, 4) is 17.2 Å². The second-order valence-corrected chi connectivity index (χ2v) is 7.86. The fourth-order valence-corrected chi connectivity index (χ4v) is 2.88. The van der Waals surface area contributed by atoms with E-state index in [0.717, 1.165) is 0 Å². The van der Waals surface area contributed by atoms with E-state index in [2.05, 4.69) is 0 Å². The highest BCUT2D eigenvalue weighted by Crippen LogP contribution is 2.28. The van der Waals surface area contributed by atoms with E-state index in [1.807, 2.05) is 13.8 Å². The first-order chi connectivity index (χ1) is 14.2. The van der Waals surface area contributed by atoms with E-state index in [4.69, 9.17) is 14.2 Å². The molecule has 6 heteroatoms. The highest BCUT2D eigenvalue weighted by molar-refractivity contribution is 5.73. The smallest absolute Gasteiger partial charge is 0.311 e. The molecule has 2 aromatic rings. The lowest BCUT2D eigenvalue weighted by Gasteiger charge is -2.25. The van der Waals surface area contributed by atoms with Gasteiger partial charge in [-0.25, -0.2) is 0 Å². The third-order valence-corrected chi connectivity index (χ3v) is 4.33. The summed E-state index contributed by atoms with van der Waals surface area (Å²) in [5.41, 5.74) is -0.138. The number of phenolic OH excluding ortho intramolecular Hbond substituents is 1. The van der Waals surface area contributed by atoms with Crippen LogP contribution in [0.5, 0.6) is 17.2 Å². The summed E-state index contributed by atoms with van der Waals surface area (Å²) >= 11 is 0. The van der Waals surface area contributed by atoms with Crippen LogP contribution < -0.4 is 9.47 Å². The Bertz CT molecular complexity index is 856. The molecule has 1 N–H and O–H groups in total. The summed E-state index contributed by atoms with van der Waals surface area (Å²) in [5, 5.41) is 9.60. The molecular formula is C24H30O6. The molecule has 6 nitrogen and oxygen atoms in total. The lowest BCUT2D eigenvalue weighted by molar-refractivity contribution is -0.157. The number of unbranched alkanes of at least 4 members (excludes halogenated alkanes) is 1. The standard InChI is InChI=1S/C24H30O6/c1-17(2)28-20-11-8-12-21(16-20)29-22(26)13-5-6-14-23(27)30-24(3,4)18-9-7-10-19(25)15-18/h7-12,15-17,25H,5-6,13-14H2,1-4H3. The zero-order chi connectivity index (χ0) is 22.1. The number of hydrogen-bond acceptors (Lipinski definition) is 6. The van der Waals surface area contributed by atoms with E-state index >= 15 is 0 Å². The minimum absolute atomic E-state index is 0.0354. The maximum atomic E-state index is 12.2. The summed E-state index contributed by atoms with van der Waals surface area (Å²) in [6.07, 6.45) is 1.47. The average molecular weight is 414 g/mol. The molecule has 0 aliphatic rings. The number of ether oxygens (including phenoxy) is 3. The summed E-state index contributed by atoms with van der Waals surface area (Å²) in [6.45, 7) is 7.39. The van der Waals surface area contributed by atoms with Gasteiger partial charge in [0.05, 0.1) is 6.10 Å². The molecule has 0 aromatic heterocycles. The lowest BCUT2D eigenvalue weighted by Crippen LogP contribution is -2.25. The molecule has 2 aromatic carbocycles. The van der Waals surface area contributed by atoms with Crippen LogP contribution in [0.2, 0.25) is 0 Å². The molecule has 0 radical (unpaired) electrons. The average Bonchev–Trinajstić information content (AvgIpc) is 2.64. The zero-order valence-corrected chi connectivity index (χ0v) is 18.0. The van der Waals surface area contributed by atoms with Gasteiger partial charge in [-0.1, -0.05) is 18.2 Å². The Kier molecular flexibility index (Phi) is 8.27. The molecule has 0 fully saturated rings. The Labute approximate surface area is 177 Å². The first-order valence-electron chi connectivity index (χ1n) is 10.1. The number of rotatable bonds is 10. The Hall–Kier alpha value is -3.02. The van der Waals surface area contributed by atoms with E-state index in [1.54, 1.807) is 62.4 Å². The van der Waals surface area contributed by atoms with Gasteiger partial charge < -0.3 is 19.3 Å². The second kappa shape index (κ2) is 10.7. The van der Waals surface area contributed by atoms with Gasteiger partial charge in [0.2, 0.25) is 0 Å². The molecule has 0 aliphatic carbocycles. The van der Waals surface area contributed by atoms with Crippen molar-refractivity contribution in [2.24, 2.45) is 0 Å². The number of hydrogen-bond donors (Lipinski definition) is 1. The Balaban J connectivity index is 1.72. The van der Waals surface area contributed by atoms with Crippen LogP contribution in [0.4, 0.5) is 0 Å². The van der Waals surface area contributed by atoms with E-state index in [0.29, 0.717) is 29.9 Å². The number of phenols is 1. The minimum atomic E-state index is -0.849. The summed E-state index contributed by atoms with van der Waals surface area (Å²) < 4.78 is 16.5. The van der Waals surface area contributed by atoms with E-state index in [-0.39, 0.29) is 36.6 Å². The highest BCUT2D eigenvalue weighted by atomic mass is 16.6. The van der Waals surface area contributed by atoms with Crippen LogP contribution in [-0.4, -0.2) is 23.1 Å². The normalized spacial score (nSPS) is 11.2. The molecular weight excluding hydrogens is 384 g/mol. The predicted molar refractivity (Wildman–Crippen MR) is 114 cm³/mol. The van der Waals surface area contributed by atoms with E-state index in [9.17, 15) is 14.7 Å². The molecule has 0 atom stereocenters. The minimum Gasteiger partial charge on any atom is -0.508 e. The van der Waals surface area contributed by atoms with Crippen molar-refractivity contribution in [2.45, 2.75) is 65.1 Å². The molecule has 0 heterocycles. The molecule has 30 heavy (non-hydrogen) atoms. The fraction of sp³-hybridized carbons (Fsp3) is 0.417. The lowest BCUT2D eigenvalue weighted by atomic mass is 9.98. The second-order valence-electron chi connectivity index (χ2n) is 7.86. The maximum Gasteiger partial charge on any atom is 0.311 e. The maximum absolute atomic E-state index is 12.2. The number of carbonyl (C=O) groups is 2. The van der Waals surface area contributed by atoms with Gasteiger partial charge in [-0.15, -0.1) is 0 Å². The molecule has 0 amide bonds. The Morgan fingerprint density at radius 3 is 2.23 bits per heavy atom. The van der Waals surface area contributed by atoms with Gasteiger partial charge in [0.15, 0.2) is 0 Å². The summed E-state index contributed by atoms with van der Waals surface area (Å²) in [4.78, 5) is 24.2. The molecule has 0 bridgehead atoms. The third kappa shape index (κ3) is 7.78. The summed E-state index contributed by atoms with van der Waals surface area (Å²) in [6, 6.07) is 13.6. The van der Waals surface area contributed by atoms with Gasteiger partial charge in [0.25, 0.3) is 0 Å². The van der Waals surface area contributed by atoms with Crippen molar-refractivity contribution in [1.82, 2.24) is 0 Å². The van der Waals surface area contributed by atoms with Crippen molar-refractivity contribution in [1.29, 1.82) is 0 Å². The molecule has 0 spiro atoms. The van der Waals surface area contributed by atoms with Crippen molar-refractivity contribution >= 4 is 11.9 Å². The van der Waals surface area contributed by atoms with Gasteiger partial charge in [0.1, 0.15) is 22.8 Å². The van der Waals surface area contributed by atoms with Crippen LogP contribution in [0.3, 0.4) is 0 Å². The van der Waals surface area contributed by atoms with Crippen LogP contribution in [0.1, 0.15) is 58.9 Å². The fourth-order valence-electron chi connectivity index (χ4n) is 2.88. The molecule has 0 unspecified atom stereocenters. The largest absolute Gasteiger partial charge is 0.508 e. The summed E-state index contributed by atoms with van der Waals surface area (Å²) in [7, 11) is 0. The number of aromatic hydroxyl groups is 1. The zero-order valence-electron chi connectivity index (χ0n) is 18.0. The molecule has 0 saturated heterocycles.